The number of hydrogen-bond donors (Lipinski definition) is 1. The predicted octanol–water partition coefficient (Wildman–Crippen LogP) is 28.4. The summed E-state index contributed by atoms with van der Waals surface area (Å²) in [5.74, 6) is -0.572. The Morgan fingerprint density at radius 1 is 0.250 bits per heavy atom. The van der Waals surface area contributed by atoms with Crippen molar-refractivity contribution in [2.45, 2.75) is 405 Å². The van der Waals surface area contributed by atoms with Crippen LogP contribution in [-0.4, -0.2) is 36.4 Å². The number of carbonyl (C=O) groups is 2. The number of carbonyl (C=O) groups excluding carboxylic acids is 2. The van der Waals surface area contributed by atoms with E-state index in [1.165, 1.54) is 270 Å². The number of ether oxygens (including phenoxy) is 2. The van der Waals surface area contributed by atoms with Crippen molar-refractivity contribution in [1.82, 2.24) is 0 Å². The van der Waals surface area contributed by atoms with Crippen LogP contribution in [0.4, 0.5) is 0 Å². The highest BCUT2D eigenvalue weighted by Crippen LogP contribution is 2.19. The molecule has 0 aliphatic carbocycles. The Labute approximate surface area is 573 Å². The summed E-state index contributed by atoms with van der Waals surface area (Å²) in [5, 5.41) is 9.73. The summed E-state index contributed by atoms with van der Waals surface area (Å²) < 4.78 is 10.8. The van der Waals surface area contributed by atoms with E-state index in [1.807, 2.05) is 0 Å². The summed E-state index contributed by atoms with van der Waals surface area (Å²) in [6.45, 7) is 3.96. The fourth-order valence-corrected chi connectivity index (χ4v) is 11.9. The van der Waals surface area contributed by atoms with Gasteiger partial charge in [0.15, 0.2) is 6.10 Å². The normalized spacial score (nSPS) is 12.9. The molecule has 5 nitrogen and oxygen atoms in total. The Morgan fingerprint density at radius 2 is 0.435 bits per heavy atom. The standard InChI is InChI=1S/C87H152O5/c1-3-5-7-9-11-13-15-17-19-21-23-25-27-29-31-33-35-37-39-41-42-43-44-46-47-49-51-53-55-57-59-61-63-65-67-69-71-73-75-77-79-81-86(89)91-84-85(83-88)92-87(90)82-80-78-76-74-72-70-68-66-64-62-60-58-56-54-52-50-48-45-40-38-36-34-32-30-28-26-24-22-20-18-16-14-12-10-8-6-4-2/h5-8,11-14,17-20,23-26,30,32,36,38,85,88H,3-4,9-10,15-16,21-22,27-29,31,33-35,37,39-84H2,1-2H3/b7-5-,8-6-,13-11-,14-12-,19-17-,20-18-,25-23-,26-24-,32-30-,38-36-. The molecule has 0 aromatic carbocycles. The largest absolute Gasteiger partial charge is 0.462 e. The van der Waals surface area contributed by atoms with Crippen LogP contribution in [0.5, 0.6) is 0 Å². The monoisotopic (exact) mass is 1280 g/mol. The Kier molecular flexibility index (Phi) is 78.3. The fourth-order valence-electron chi connectivity index (χ4n) is 11.9. The fraction of sp³-hybridized carbons (Fsp3) is 0.747. The van der Waals surface area contributed by atoms with E-state index in [1.54, 1.807) is 0 Å². The van der Waals surface area contributed by atoms with Crippen molar-refractivity contribution >= 4 is 11.9 Å². The molecule has 0 aliphatic heterocycles. The third-order valence-corrected chi connectivity index (χ3v) is 17.8. The molecule has 0 amide bonds. The summed E-state index contributed by atoms with van der Waals surface area (Å²) in [6.07, 6.45) is 120. The maximum Gasteiger partial charge on any atom is 0.306 e. The molecule has 0 aliphatic rings. The van der Waals surface area contributed by atoms with E-state index in [4.69, 9.17) is 9.47 Å². The number of esters is 2. The third-order valence-electron chi connectivity index (χ3n) is 17.8. The molecule has 0 aromatic heterocycles. The van der Waals surface area contributed by atoms with Gasteiger partial charge in [-0.1, -0.05) is 405 Å². The van der Waals surface area contributed by atoms with Gasteiger partial charge >= 0.3 is 11.9 Å². The number of rotatable bonds is 74. The number of aliphatic hydroxyl groups is 1. The van der Waals surface area contributed by atoms with Crippen LogP contribution in [-0.2, 0) is 19.1 Å². The molecule has 0 spiro atoms. The van der Waals surface area contributed by atoms with Crippen LogP contribution in [0.3, 0.4) is 0 Å². The maximum absolute atomic E-state index is 12.4. The minimum Gasteiger partial charge on any atom is -0.462 e. The zero-order valence-corrected chi connectivity index (χ0v) is 61.0. The van der Waals surface area contributed by atoms with Crippen LogP contribution < -0.4 is 0 Å². The second-order valence-corrected chi connectivity index (χ2v) is 26.7. The van der Waals surface area contributed by atoms with Gasteiger partial charge in [0.1, 0.15) is 6.61 Å². The van der Waals surface area contributed by atoms with Crippen molar-refractivity contribution in [3.05, 3.63) is 122 Å². The molecule has 0 rings (SSSR count). The Bertz CT molecular complexity index is 1790. The predicted molar refractivity (Wildman–Crippen MR) is 408 cm³/mol. The van der Waals surface area contributed by atoms with Gasteiger partial charge in [-0.2, -0.15) is 0 Å². The highest BCUT2D eigenvalue weighted by molar-refractivity contribution is 5.70. The first-order chi connectivity index (χ1) is 45.6. The molecule has 0 fully saturated rings. The van der Waals surface area contributed by atoms with Gasteiger partial charge in [-0.3, -0.25) is 9.59 Å². The molecule has 92 heavy (non-hydrogen) atoms. The third kappa shape index (κ3) is 78.7. The van der Waals surface area contributed by atoms with Gasteiger partial charge in [0, 0.05) is 12.8 Å². The van der Waals surface area contributed by atoms with E-state index in [2.05, 4.69) is 135 Å². The van der Waals surface area contributed by atoms with Gasteiger partial charge < -0.3 is 14.6 Å². The zero-order valence-electron chi connectivity index (χ0n) is 61.0. The van der Waals surface area contributed by atoms with Gasteiger partial charge in [-0.05, 0) is 103 Å². The average Bonchev–Trinajstić information content (AvgIpc) is 3.70. The molecule has 0 saturated heterocycles. The average molecular weight is 1280 g/mol. The van der Waals surface area contributed by atoms with Gasteiger partial charge in [-0.25, -0.2) is 0 Å². The van der Waals surface area contributed by atoms with Gasteiger partial charge in [0.25, 0.3) is 0 Å². The first kappa shape index (κ1) is 88.3. The van der Waals surface area contributed by atoms with E-state index in [9.17, 15) is 14.7 Å². The van der Waals surface area contributed by atoms with E-state index < -0.39 is 6.10 Å². The lowest BCUT2D eigenvalue weighted by atomic mass is 10.0. The molecule has 0 bridgehead atoms. The van der Waals surface area contributed by atoms with Crippen molar-refractivity contribution in [2.75, 3.05) is 13.2 Å². The zero-order chi connectivity index (χ0) is 66.1. The lowest BCUT2D eigenvalue weighted by molar-refractivity contribution is -0.161. The lowest BCUT2D eigenvalue weighted by Crippen LogP contribution is -2.28. The molecule has 1 atom stereocenters. The summed E-state index contributed by atoms with van der Waals surface area (Å²) in [4.78, 5) is 24.7. The molecular weight excluding hydrogens is 1120 g/mol. The summed E-state index contributed by atoms with van der Waals surface area (Å²) in [7, 11) is 0. The topological polar surface area (TPSA) is 72.8 Å². The van der Waals surface area contributed by atoms with Crippen LogP contribution in [0.1, 0.15) is 399 Å². The van der Waals surface area contributed by atoms with E-state index in [0.29, 0.717) is 12.8 Å². The van der Waals surface area contributed by atoms with Gasteiger partial charge in [0.2, 0.25) is 0 Å². The number of hydrogen-bond acceptors (Lipinski definition) is 5. The highest BCUT2D eigenvalue weighted by Gasteiger charge is 2.16. The quantitative estimate of drug-likeness (QED) is 0.0373. The van der Waals surface area contributed by atoms with E-state index in [0.717, 1.165) is 103 Å². The molecule has 0 aromatic rings. The minimum atomic E-state index is -0.776. The maximum atomic E-state index is 12.4. The first-order valence-corrected chi connectivity index (χ1v) is 40.1. The van der Waals surface area contributed by atoms with Crippen LogP contribution in [0, 0.1) is 0 Å². The number of aliphatic hydroxyl groups excluding tert-OH is 1. The van der Waals surface area contributed by atoms with Crippen LogP contribution >= 0.6 is 0 Å². The Hall–Kier alpha value is -3.70. The molecule has 5 heteroatoms. The van der Waals surface area contributed by atoms with Crippen molar-refractivity contribution < 1.29 is 24.2 Å². The van der Waals surface area contributed by atoms with Crippen molar-refractivity contribution in [1.29, 1.82) is 0 Å². The molecule has 1 N–H and O–H groups in total. The Morgan fingerprint density at radius 3 is 0.652 bits per heavy atom. The van der Waals surface area contributed by atoms with Crippen LogP contribution in [0.25, 0.3) is 0 Å². The van der Waals surface area contributed by atoms with E-state index >= 15 is 0 Å². The summed E-state index contributed by atoms with van der Waals surface area (Å²) in [6, 6.07) is 0. The first-order valence-electron chi connectivity index (χ1n) is 40.1. The molecule has 530 valence electrons. The number of allylic oxidation sites excluding steroid dienone is 20. The van der Waals surface area contributed by atoms with Gasteiger partial charge in [0.05, 0.1) is 6.61 Å². The minimum absolute atomic E-state index is 0.0636. The van der Waals surface area contributed by atoms with Crippen LogP contribution in [0.2, 0.25) is 0 Å². The highest BCUT2D eigenvalue weighted by atomic mass is 16.6. The second-order valence-electron chi connectivity index (χ2n) is 26.7. The molecule has 1 unspecified atom stereocenters. The molecule has 0 saturated carbocycles. The van der Waals surface area contributed by atoms with Crippen LogP contribution in [0.15, 0.2) is 122 Å². The van der Waals surface area contributed by atoms with Crippen molar-refractivity contribution in [3.8, 4) is 0 Å². The van der Waals surface area contributed by atoms with Crippen molar-refractivity contribution in [3.63, 3.8) is 0 Å². The van der Waals surface area contributed by atoms with E-state index in [-0.39, 0.29) is 25.2 Å². The Balaban J connectivity index is 3.40. The smallest absolute Gasteiger partial charge is 0.306 e. The lowest BCUT2D eigenvalue weighted by Gasteiger charge is -2.15. The van der Waals surface area contributed by atoms with Gasteiger partial charge in [-0.15, -0.1) is 0 Å². The molecular formula is C87H152O5. The summed E-state index contributed by atoms with van der Waals surface area (Å²) in [5.41, 5.74) is 0. The van der Waals surface area contributed by atoms with Crippen molar-refractivity contribution in [2.24, 2.45) is 0 Å². The second kappa shape index (κ2) is 81.5. The number of unbranched alkanes of at least 4 members (excludes halogenated alkanes) is 46. The summed E-state index contributed by atoms with van der Waals surface area (Å²) >= 11 is 0. The SMILES string of the molecule is CC/C=C\C/C=C\C/C=C\C/C=C\C/C=C\C/C=C\CCCCCCCCCCCCCCCCCCCCC(=O)OC(CO)COC(=O)CCCCCCCCCCCCCCCCCCCCCCCCCCCCCC/C=C\C/C=C\C/C=C\C/C=C\CC. The molecule has 0 heterocycles. The molecule has 0 radical (unpaired) electrons.